The molecule has 0 atom stereocenters. The fourth-order valence-electron chi connectivity index (χ4n) is 3.61. The number of carbonyl (C=O) groups is 2. The van der Waals surface area contributed by atoms with Gasteiger partial charge in [0.15, 0.2) is 0 Å². The molecule has 1 saturated carbocycles. The zero-order valence-corrected chi connectivity index (χ0v) is 16.6. The summed E-state index contributed by atoms with van der Waals surface area (Å²) in [5.74, 6) is 0.369. The maximum Gasteiger partial charge on any atom is 0.342 e. The van der Waals surface area contributed by atoms with Gasteiger partial charge in [0.25, 0.3) is 0 Å². The first-order valence-electron chi connectivity index (χ1n) is 9.77. The Morgan fingerprint density at radius 1 is 1.15 bits per heavy atom. The number of hydrogen-bond acceptors (Lipinski definition) is 5. The molecule has 27 heavy (non-hydrogen) atoms. The summed E-state index contributed by atoms with van der Waals surface area (Å²) in [4.78, 5) is 25.0. The van der Waals surface area contributed by atoms with Gasteiger partial charge in [-0.2, -0.15) is 0 Å². The summed E-state index contributed by atoms with van der Waals surface area (Å²) >= 11 is 0. The molecule has 0 spiro atoms. The lowest BCUT2D eigenvalue weighted by atomic mass is 9.89. The van der Waals surface area contributed by atoms with E-state index in [0.29, 0.717) is 28.0 Å². The van der Waals surface area contributed by atoms with Crippen molar-refractivity contribution in [3.8, 4) is 5.75 Å². The molecule has 0 unspecified atom stereocenters. The highest BCUT2D eigenvalue weighted by Gasteiger charge is 2.30. The minimum absolute atomic E-state index is 0.0338. The van der Waals surface area contributed by atoms with E-state index in [4.69, 9.17) is 13.9 Å². The van der Waals surface area contributed by atoms with Crippen molar-refractivity contribution >= 4 is 22.9 Å². The number of hydrogen-bond donors (Lipinski definition) is 0. The number of esters is 2. The summed E-state index contributed by atoms with van der Waals surface area (Å²) in [6, 6.07) is 5.17. The molecular formula is C22H28O5. The second-order valence-electron chi connectivity index (χ2n) is 8.19. The molecule has 0 N–H and O–H groups in total. The largest absolute Gasteiger partial charge is 0.462 e. The van der Waals surface area contributed by atoms with Crippen LogP contribution in [0.4, 0.5) is 0 Å². The smallest absolute Gasteiger partial charge is 0.342 e. The maximum atomic E-state index is 12.6. The lowest BCUT2D eigenvalue weighted by Crippen LogP contribution is -2.22. The van der Waals surface area contributed by atoms with E-state index in [0.717, 1.165) is 25.7 Å². The normalized spacial score (nSPS) is 15.7. The molecule has 5 heteroatoms. The molecule has 0 radical (unpaired) electrons. The molecule has 1 aliphatic rings. The average molecular weight is 372 g/mol. The molecule has 5 nitrogen and oxygen atoms in total. The van der Waals surface area contributed by atoms with Gasteiger partial charge >= 0.3 is 11.9 Å². The number of carbonyl (C=O) groups excluding carboxylic acids is 2. The first-order chi connectivity index (χ1) is 12.8. The third-order valence-electron chi connectivity index (χ3n) is 4.98. The minimum Gasteiger partial charge on any atom is -0.462 e. The predicted octanol–water partition coefficient (Wildman–Crippen LogP) is 5.39. The van der Waals surface area contributed by atoms with E-state index in [1.165, 1.54) is 6.42 Å². The standard InChI is InChI=1S/C22H28O5/c1-5-25-21(24)18-16-13-15(26-20(23)14-9-7-6-8-10-14)11-12-17(16)27-19(18)22(2,3)4/h11-14H,5-10H2,1-4H3. The summed E-state index contributed by atoms with van der Waals surface area (Å²) in [5, 5.41) is 0.618. The van der Waals surface area contributed by atoms with E-state index in [1.807, 2.05) is 20.8 Å². The van der Waals surface area contributed by atoms with Gasteiger partial charge in [0.05, 0.1) is 12.5 Å². The Balaban J connectivity index is 1.96. The van der Waals surface area contributed by atoms with E-state index in [9.17, 15) is 9.59 Å². The molecule has 0 saturated heterocycles. The first-order valence-corrected chi connectivity index (χ1v) is 9.77. The van der Waals surface area contributed by atoms with E-state index in [1.54, 1.807) is 25.1 Å². The molecule has 1 aromatic carbocycles. The van der Waals surface area contributed by atoms with Crippen LogP contribution in [0.5, 0.6) is 5.75 Å². The van der Waals surface area contributed by atoms with E-state index in [2.05, 4.69) is 0 Å². The zero-order valence-electron chi connectivity index (χ0n) is 16.6. The van der Waals surface area contributed by atoms with E-state index < -0.39 is 5.97 Å². The summed E-state index contributed by atoms with van der Waals surface area (Å²) in [7, 11) is 0. The molecule has 2 aromatic rings. The number of furan rings is 1. The Morgan fingerprint density at radius 3 is 2.48 bits per heavy atom. The SMILES string of the molecule is CCOC(=O)c1c(C(C)(C)C)oc2ccc(OC(=O)C3CCCCC3)cc12. The third kappa shape index (κ3) is 4.18. The van der Waals surface area contributed by atoms with Gasteiger partial charge in [0, 0.05) is 10.8 Å². The summed E-state index contributed by atoms with van der Waals surface area (Å²) in [5.41, 5.74) is 0.635. The highest BCUT2D eigenvalue weighted by atomic mass is 16.5. The summed E-state index contributed by atoms with van der Waals surface area (Å²) < 4.78 is 16.8. The molecular weight excluding hydrogens is 344 g/mol. The highest BCUT2D eigenvalue weighted by Crippen LogP contribution is 2.37. The second-order valence-corrected chi connectivity index (χ2v) is 8.19. The number of ether oxygens (including phenoxy) is 2. The van der Waals surface area contributed by atoms with Crippen molar-refractivity contribution in [1.82, 2.24) is 0 Å². The van der Waals surface area contributed by atoms with Crippen molar-refractivity contribution in [1.29, 1.82) is 0 Å². The Morgan fingerprint density at radius 2 is 1.85 bits per heavy atom. The fraction of sp³-hybridized carbons (Fsp3) is 0.545. The Bertz CT molecular complexity index is 834. The van der Waals surface area contributed by atoms with Gasteiger partial charge in [0.2, 0.25) is 0 Å². The maximum absolute atomic E-state index is 12.6. The Hall–Kier alpha value is -2.30. The first kappa shape index (κ1) is 19.5. The van der Waals surface area contributed by atoms with Gasteiger partial charge in [-0.05, 0) is 38.0 Å². The quantitative estimate of drug-likeness (QED) is 0.531. The van der Waals surface area contributed by atoms with Crippen LogP contribution in [0.1, 0.15) is 75.9 Å². The van der Waals surface area contributed by atoms with Crippen molar-refractivity contribution in [2.75, 3.05) is 6.61 Å². The van der Waals surface area contributed by atoms with Crippen LogP contribution < -0.4 is 4.74 Å². The topological polar surface area (TPSA) is 65.7 Å². The molecule has 0 aliphatic heterocycles. The van der Waals surface area contributed by atoms with Crippen molar-refractivity contribution < 1.29 is 23.5 Å². The minimum atomic E-state index is -0.420. The van der Waals surface area contributed by atoms with Crippen molar-refractivity contribution in [2.24, 2.45) is 5.92 Å². The highest BCUT2D eigenvalue weighted by molar-refractivity contribution is 6.05. The molecule has 1 aliphatic carbocycles. The van der Waals surface area contributed by atoms with Gasteiger partial charge in [-0.1, -0.05) is 40.0 Å². The predicted molar refractivity (Wildman–Crippen MR) is 103 cm³/mol. The van der Waals surface area contributed by atoms with Crippen molar-refractivity contribution in [3.63, 3.8) is 0 Å². The van der Waals surface area contributed by atoms with E-state index in [-0.39, 0.29) is 23.9 Å². The second kappa shape index (κ2) is 7.75. The molecule has 146 valence electrons. The van der Waals surface area contributed by atoms with Gasteiger partial charge < -0.3 is 13.9 Å². The Kier molecular flexibility index (Phi) is 5.59. The van der Waals surface area contributed by atoms with Crippen LogP contribution in [0.2, 0.25) is 0 Å². The molecule has 3 rings (SSSR count). The summed E-state index contributed by atoms with van der Waals surface area (Å²) in [6.07, 6.45) is 5.10. The molecule has 0 amide bonds. The van der Waals surface area contributed by atoms with Gasteiger partial charge in [-0.15, -0.1) is 0 Å². The molecule has 0 bridgehead atoms. The van der Waals surface area contributed by atoms with Crippen LogP contribution in [0, 0.1) is 5.92 Å². The monoisotopic (exact) mass is 372 g/mol. The molecule has 1 fully saturated rings. The lowest BCUT2D eigenvalue weighted by Gasteiger charge is -2.19. The third-order valence-corrected chi connectivity index (χ3v) is 4.98. The van der Waals surface area contributed by atoms with Gasteiger partial charge in [0.1, 0.15) is 22.7 Å². The van der Waals surface area contributed by atoms with Crippen LogP contribution in [-0.2, 0) is 14.9 Å². The zero-order chi connectivity index (χ0) is 19.6. The number of benzene rings is 1. The lowest BCUT2D eigenvalue weighted by molar-refractivity contribution is -0.139. The van der Waals surface area contributed by atoms with Crippen LogP contribution in [0.3, 0.4) is 0 Å². The summed E-state index contributed by atoms with van der Waals surface area (Å²) in [6.45, 7) is 8.01. The Labute approximate surface area is 160 Å². The van der Waals surface area contributed by atoms with Gasteiger partial charge in [-0.3, -0.25) is 4.79 Å². The van der Waals surface area contributed by atoms with Crippen molar-refractivity contribution in [2.45, 2.75) is 65.2 Å². The van der Waals surface area contributed by atoms with Crippen LogP contribution in [0.25, 0.3) is 11.0 Å². The van der Waals surface area contributed by atoms with Crippen LogP contribution in [0.15, 0.2) is 22.6 Å². The fourth-order valence-corrected chi connectivity index (χ4v) is 3.61. The van der Waals surface area contributed by atoms with Crippen molar-refractivity contribution in [3.05, 3.63) is 29.5 Å². The van der Waals surface area contributed by atoms with Crippen LogP contribution in [-0.4, -0.2) is 18.5 Å². The van der Waals surface area contributed by atoms with Gasteiger partial charge in [-0.25, -0.2) is 4.79 Å². The number of fused-ring (bicyclic) bond motifs is 1. The molecule has 1 heterocycles. The number of rotatable bonds is 4. The van der Waals surface area contributed by atoms with E-state index >= 15 is 0 Å². The van der Waals surface area contributed by atoms with Crippen LogP contribution >= 0.6 is 0 Å². The molecule has 1 aromatic heterocycles. The average Bonchev–Trinajstić information content (AvgIpc) is 3.02.